The predicted molar refractivity (Wildman–Crippen MR) is 99.0 cm³/mol. The van der Waals surface area contributed by atoms with E-state index in [0.29, 0.717) is 21.8 Å². The van der Waals surface area contributed by atoms with Gasteiger partial charge in [0.1, 0.15) is 11.1 Å². The fourth-order valence-corrected chi connectivity index (χ4v) is 3.08. The van der Waals surface area contributed by atoms with Crippen LogP contribution in [0.1, 0.15) is 39.7 Å². The molecular formula is C19H19N3O2S. The van der Waals surface area contributed by atoms with Crippen molar-refractivity contribution in [1.82, 2.24) is 4.98 Å². The predicted octanol–water partition coefficient (Wildman–Crippen LogP) is 3.81. The zero-order valence-electron chi connectivity index (χ0n) is 14.6. The number of thioether (sulfide) groups is 1. The molecule has 1 N–H and O–H groups in total. The van der Waals surface area contributed by atoms with Crippen LogP contribution in [0, 0.1) is 32.1 Å². The van der Waals surface area contributed by atoms with Crippen LogP contribution in [0.25, 0.3) is 0 Å². The molecule has 0 atom stereocenters. The van der Waals surface area contributed by atoms with Crippen molar-refractivity contribution < 1.29 is 9.59 Å². The first kappa shape index (κ1) is 18.7. The second-order valence-electron chi connectivity index (χ2n) is 5.78. The summed E-state index contributed by atoms with van der Waals surface area (Å²) in [6.07, 6.45) is 0. The Bertz CT molecular complexity index is 885. The molecule has 0 saturated heterocycles. The minimum atomic E-state index is -0.174. The Morgan fingerprint density at radius 1 is 1.20 bits per heavy atom. The number of anilines is 1. The van der Waals surface area contributed by atoms with Crippen LogP contribution in [0.15, 0.2) is 29.3 Å². The van der Waals surface area contributed by atoms with Crippen LogP contribution in [-0.4, -0.2) is 22.4 Å². The highest BCUT2D eigenvalue weighted by molar-refractivity contribution is 8.00. The summed E-state index contributed by atoms with van der Waals surface area (Å²) in [6.45, 7) is 7.16. The van der Waals surface area contributed by atoms with E-state index in [2.05, 4.69) is 10.3 Å². The fraction of sp³-hybridized carbons (Fsp3) is 0.263. The zero-order chi connectivity index (χ0) is 18.6. The van der Waals surface area contributed by atoms with E-state index in [1.807, 2.05) is 38.1 Å². The van der Waals surface area contributed by atoms with Gasteiger partial charge in [0.05, 0.1) is 11.3 Å². The Labute approximate surface area is 151 Å². The third-order valence-electron chi connectivity index (χ3n) is 3.81. The molecule has 128 valence electrons. The van der Waals surface area contributed by atoms with Gasteiger partial charge in [-0.15, -0.1) is 0 Å². The lowest BCUT2D eigenvalue weighted by Gasteiger charge is -2.09. The minimum absolute atomic E-state index is 0.132. The first-order valence-corrected chi connectivity index (χ1v) is 8.73. The highest BCUT2D eigenvalue weighted by Crippen LogP contribution is 2.23. The van der Waals surface area contributed by atoms with Crippen molar-refractivity contribution in [2.45, 2.75) is 32.7 Å². The number of nitrogens with one attached hydrogen (secondary N) is 1. The molecular weight excluding hydrogens is 334 g/mol. The summed E-state index contributed by atoms with van der Waals surface area (Å²) in [5.41, 5.74) is 4.31. The molecule has 0 aliphatic carbocycles. The number of Topliss-reactive ketones (excluding diaryl/α,β-unsaturated/α-hetero) is 1. The van der Waals surface area contributed by atoms with Crippen molar-refractivity contribution in [2.24, 2.45) is 0 Å². The summed E-state index contributed by atoms with van der Waals surface area (Å²) >= 11 is 1.18. The molecule has 0 unspecified atom stereocenters. The van der Waals surface area contributed by atoms with Crippen molar-refractivity contribution >= 4 is 29.1 Å². The SMILES string of the molecule is CC(=O)c1cc(C#N)c(SCC(=O)Nc2ccc(C)c(C)c2)nc1C. The summed E-state index contributed by atoms with van der Waals surface area (Å²) < 4.78 is 0. The summed E-state index contributed by atoms with van der Waals surface area (Å²) in [5, 5.41) is 12.6. The monoisotopic (exact) mass is 353 g/mol. The lowest BCUT2D eigenvalue weighted by Crippen LogP contribution is -2.14. The Kier molecular flexibility index (Phi) is 5.94. The third-order valence-corrected chi connectivity index (χ3v) is 4.80. The normalized spacial score (nSPS) is 10.2. The molecule has 0 bridgehead atoms. The van der Waals surface area contributed by atoms with Crippen LogP contribution in [-0.2, 0) is 4.79 Å². The molecule has 0 spiro atoms. The van der Waals surface area contributed by atoms with Gasteiger partial charge in [-0.3, -0.25) is 9.59 Å². The number of aryl methyl sites for hydroxylation is 3. The maximum Gasteiger partial charge on any atom is 0.234 e. The number of nitriles is 1. The molecule has 25 heavy (non-hydrogen) atoms. The molecule has 0 aliphatic rings. The van der Waals surface area contributed by atoms with Gasteiger partial charge >= 0.3 is 0 Å². The summed E-state index contributed by atoms with van der Waals surface area (Å²) in [7, 11) is 0. The van der Waals surface area contributed by atoms with Crippen LogP contribution in [0.2, 0.25) is 0 Å². The number of pyridine rings is 1. The van der Waals surface area contributed by atoms with Crippen LogP contribution >= 0.6 is 11.8 Å². The number of carbonyl (C=O) groups is 2. The molecule has 0 saturated carbocycles. The molecule has 2 aromatic rings. The standard InChI is InChI=1S/C19H19N3O2S/c1-11-5-6-16(7-12(11)2)22-18(24)10-25-19-15(9-20)8-17(14(4)23)13(3)21-19/h5-8H,10H2,1-4H3,(H,22,24). The molecule has 1 aromatic heterocycles. The topological polar surface area (TPSA) is 82.8 Å². The number of benzene rings is 1. The van der Waals surface area contributed by atoms with Crippen molar-refractivity contribution in [3.8, 4) is 6.07 Å². The van der Waals surface area contributed by atoms with Gasteiger partial charge in [-0.2, -0.15) is 5.26 Å². The van der Waals surface area contributed by atoms with E-state index in [-0.39, 0.29) is 17.4 Å². The highest BCUT2D eigenvalue weighted by Gasteiger charge is 2.14. The number of rotatable bonds is 5. The lowest BCUT2D eigenvalue weighted by atomic mass is 10.1. The van der Waals surface area contributed by atoms with E-state index in [4.69, 9.17) is 0 Å². The van der Waals surface area contributed by atoms with E-state index in [9.17, 15) is 14.9 Å². The van der Waals surface area contributed by atoms with E-state index >= 15 is 0 Å². The zero-order valence-corrected chi connectivity index (χ0v) is 15.5. The van der Waals surface area contributed by atoms with Gasteiger partial charge in [0.15, 0.2) is 5.78 Å². The first-order valence-electron chi connectivity index (χ1n) is 7.74. The first-order chi connectivity index (χ1) is 11.8. The number of hydrogen-bond donors (Lipinski definition) is 1. The highest BCUT2D eigenvalue weighted by atomic mass is 32.2. The molecule has 6 heteroatoms. The van der Waals surface area contributed by atoms with E-state index in [0.717, 1.165) is 16.8 Å². The average molecular weight is 353 g/mol. The van der Waals surface area contributed by atoms with Crippen LogP contribution in [0.5, 0.6) is 0 Å². The summed E-state index contributed by atoms with van der Waals surface area (Å²) in [5.74, 6) is -0.175. The van der Waals surface area contributed by atoms with E-state index in [1.54, 1.807) is 6.92 Å². The number of ketones is 1. The van der Waals surface area contributed by atoms with Gasteiger partial charge in [-0.1, -0.05) is 17.8 Å². The summed E-state index contributed by atoms with van der Waals surface area (Å²) in [6, 6.07) is 9.31. The van der Waals surface area contributed by atoms with Crippen molar-refractivity contribution in [2.75, 3.05) is 11.1 Å². The Hall–Kier alpha value is -2.65. The molecule has 0 radical (unpaired) electrons. The molecule has 1 amide bonds. The molecule has 5 nitrogen and oxygen atoms in total. The molecule has 0 aliphatic heterocycles. The number of hydrogen-bond acceptors (Lipinski definition) is 5. The summed E-state index contributed by atoms with van der Waals surface area (Å²) in [4.78, 5) is 28.0. The van der Waals surface area contributed by atoms with Gasteiger partial charge in [-0.25, -0.2) is 4.98 Å². The average Bonchev–Trinajstić information content (AvgIpc) is 2.56. The second kappa shape index (κ2) is 7.95. The van der Waals surface area contributed by atoms with Gasteiger partial charge < -0.3 is 5.32 Å². The maximum atomic E-state index is 12.1. The minimum Gasteiger partial charge on any atom is -0.325 e. The Morgan fingerprint density at radius 2 is 1.92 bits per heavy atom. The molecule has 2 rings (SSSR count). The Morgan fingerprint density at radius 3 is 2.52 bits per heavy atom. The number of nitrogens with zero attached hydrogens (tertiary/aromatic N) is 2. The second-order valence-corrected chi connectivity index (χ2v) is 6.74. The smallest absolute Gasteiger partial charge is 0.234 e. The van der Waals surface area contributed by atoms with Gasteiger partial charge in [0.2, 0.25) is 5.91 Å². The van der Waals surface area contributed by atoms with Crippen molar-refractivity contribution in [1.29, 1.82) is 5.26 Å². The van der Waals surface area contributed by atoms with Gasteiger partial charge in [-0.05, 0) is 57.0 Å². The van der Waals surface area contributed by atoms with Crippen molar-refractivity contribution in [3.63, 3.8) is 0 Å². The lowest BCUT2D eigenvalue weighted by molar-refractivity contribution is -0.113. The Balaban J connectivity index is 2.09. The third kappa shape index (κ3) is 4.68. The van der Waals surface area contributed by atoms with Crippen molar-refractivity contribution in [3.05, 3.63) is 52.2 Å². The van der Waals surface area contributed by atoms with Gasteiger partial charge in [0.25, 0.3) is 0 Å². The maximum absolute atomic E-state index is 12.1. The largest absolute Gasteiger partial charge is 0.325 e. The van der Waals surface area contributed by atoms with E-state index < -0.39 is 0 Å². The van der Waals surface area contributed by atoms with Gasteiger partial charge in [0, 0.05) is 16.9 Å². The number of amides is 1. The van der Waals surface area contributed by atoms with Crippen LogP contribution in [0.3, 0.4) is 0 Å². The fourth-order valence-electron chi connectivity index (χ4n) is 2.28. The number of aromatic nitrogens is 1. The molecule has 1 heterocycles. The van der Waals surface area contributed by atoms with Crippen LogP contribution < -0.4 is 5.32 Å². The quantitative estimate of drug-likeness (QED) is 0.653. The van der Waals surface area contributed by atoms with E-state index in [1.165, 1.54) is 24.8 Å². The van der Waals surface area contributed by atoms with Crippen LogP contribution in [0.4, 0.5) is 5.69 Å². The molecule has 1 aromatic carbocycles. The molecule has 0 fully saturated rings. The number of carbonyl (C=O) groups excluding carboxylic acids is 2.